The lowest BCUT2D eigenvalue weighted by atomic mass is 9.89. The van der Waals surface area contributed by atoms with Crippen molar-refractivity contribution < 1.29 is 4.79 Å². The van der Waals surface area contributed by atoms with E-state index in [2.05, 4.69) is 43.0 Å². The molecule has 1 unspecified atom stereocenters. The van der Waals surface area contributed by atoms with Gasteiger partial charge in [0.25, 0.3) is 0 Å². The molecule has 1 aliphatic heterocycles. The number of likely N-dealkylation sites (tertiary alicyclic amines) is 1. The molecule has 1 saturated heterocycles. The first-order valence-corrected chi connectivity index (χ1v) is 10.7. The van der Waals surface area contributed by atoms with Crippen molar-refractivity contribution in [1.82, 2.24) is 4.90 Å². The predicted octanol–water partition coefficient (Wildman–Crippen LogP) is 5.08. The summed E-state index contributed by atoms with van der Waals surface area (Å²) in [6, 6.07) is 19.4. The molecule has 0 bridgehead atoms. The lowest BCUT2D eigenvalue weighted by molar-refractivity contribution is -0.118. The van der Waals surface area contributed by atoms with Gasteiger partial charge in [0, 0.05) is 24.7 Å². The van der Waals surface area contributed by atoms with Gasteiger partial charge in [-0.25, -0.2) is 0 Å². The molecule has 2 aromatic carbocycles. The van der Waals surface area contributed by atoms with Gasteiger partial charge in [0.1, 0.15) is 0 Å². The maximum atomic E-state index is 12.5. The first-order valence-electron chi connectivity index (χ1n) is 10.7. The minimum atomic E-state index is 0.201. The van der Waals surface area contributed by atoms with Crippen LogP contribution in [0, 0.1) is 12.8 Å². The first kappa shape index (κ1) is 20.6. The van der Waals surface area contributed by atoms with Gasteiger partial charge in [-0.3, -0.25) is 9.69 Å². The Morgan fingerprint density at radius 1 is 1.07 bits per heavy atom. The van der Waals surface area contributed by atoms with Crippen LogP contribution in [-0.4, -0.2) is 36.5 Å². The third-order valence-corrected chi connectivity index (χ3v) is 6.04. The smallest absolute Gasteiger partial charge is 0.226 e. The highest BCUT2D eigenvalue weighted by Crippen LogP contribution is 2.24. The van der Waals surface area contributed by atoms with E-state index in [1.54, 1.807) is 0 Å². The largest absolute Gasteiger partial charge is 0.311 e. The number of aryl methyl sites for hydroxylation is 1. The minimum Gasteiger partial charge on any atom is -0.311 e. The van der Waals surface area contributed by atoms with E-state index in [9.17, 15) is 4.79 Å². The van der Waals surface area contributed by atoms with Crippen molar-refractivity contribution in [3.63, 3.8) is 0 Å². The van der Waals surface area contributed by atoms with E-state index in [4.69, 9.17) is 0 Å². The number of nitrogens with zero attached hydrogens (tertiary/aromatic N) is 2. The number of para-hydroxylation sites is 1. The summed E-state index contributed by atoms with van der Waals surface area (Å²) in [6.07, 6.45) is 4.21. The molecule has 3 rings (SSSR count). The van der Waals surface area contributed by atoms with Gasteiger partial charge in [-0.05, 0) is 69.8 Å². The topological polar surface area (TPSA) is 23.6 Å². The highest BCUT2D eigenvalue weighted by molar-refractivity contribution is 5.93. The average Bonchev–Trinajstić information content (AvgIpc) is 2.74. The van der Waals surface area contributed by atoms with Crippen molar-refractivity contribution in [1.29, 1.82) is 0 Å². The van der Waals surface area contributed by atoms with Gasteiger partial charge >= 0.3 is 0 Å². The highest BCUT2D eigenvalue weighted by Gasteiger charge is 2.25. The molecule has 1 amide bonds. The van der Waals surface area contributed by atoms with E-state index in [0.29, 0.717) is 12.5 Å². The van der Waals surface area contributed by atoms with E-state index >= 15 is 0 Å². The number of benzene rings is 2. The SMILES string of the molecule is CCC(=O)N(CC(C)N1CCC(Cc2ccc(C)cc2)CC1)c1ccccc1. The standard InChI is InChI=1S/C25H34N2O/c1-4-25(28)27(24-8-6-5-7-9-24)19-21(3)26-16-14-23(15-17-26)18-22-12-10-20(2)11-13-22/h5-13,21,23H,4,14-19H2,1-3H3. The Labute approximate surface area is 170 Å². The van der Waals surface area contributed by atoms with Gasteiger partial charge in [-0.1, -0.05) is 55.0 Å². The number of rotatable bonds is 7. The normalized spacial score (nSPS) is 16.7. The predicted molar refractivity (Wildman–Crippen MR) is 118 cm³/mol. The van der Waals surface area contributed by atoms with Gasteiger partial charge in [0.05, 0.1) is 0 Å². The van der Waals surface area contributed by atoms with Crippen LogP contribution in [0.2, 0.25) is 0 Å². The third kappa shape index (κ3) is 5.45. The van der Waals surface area contributed by atoms with Gasteiger partial charge in [0.15, 0.2) is 0 Å². The lowest BCUT2D eigenvalue weighted by Gasteiger charge is -2.38. The Bertz CT molecular complexity index is 733. The van der Waals surface area contributed by atoms with E-state index < -0.39 is 0 Å². The van der Waals surface area contributed by atoms with Crippen LogP contribution in [0.4, 0.5) is 5.69 Å². The molecule has 3 heteroatoms. The van der Waals surface area contributed by atoms with Crippen molar-refractivity contribution in [3.8, 4) is 0 Å². The van der Waals surface area contributed by atoms with Crippen molar-refractivity contribution >= 4 is 11.6 Å². The maximum absolute atomic E-state index is 12.5. The summed E-state index contributed by atoms with van der Waals surface area (Å²) in [5.74, 6) is 0.973. The van der Waals surface area contributed by atoms with Crippen molar-refractivity contribution in [2.75, 3.05) is 24.5 Å². The second-order valence-corrected chi connectivity index (χ2v) is 8.21. The van der Waals surface area contributed by atoms with Crippen LogP contribution >= 0.6 is 0 Å². The molecule has 1 atom stereocenters. The van der Waals surface area contributed by atoms with Gasteiger partial charge in [-0.2, -0.15) is 0 Å². The fourth-order valence-electron chi connectivity index (χ4n) is 4.19. The maximum Gasteiger partial charge on any atom is 0.226 e. The molecule has 1 heterocycles. The number of carbonyl (C=O) groups excluding carboxylic acids is 1. The summed E-state index contributed by atoms with van der Waals surface area (Å²) >= 11 is 0. The van der Waals surface area contributed by atoms with Crippen molar-refractivity contribution in [2.45, 2.75) is 52.5 Å². The van der Waals surface area contributed by atoms with Gasteiger partial charge < -0.3 is 4.90 Å². The number of piperidine rings is 1. The molecule has 150 valence electrons. The Hall–Kier alpha value is -2.13. The van der Waals surface area contributed by atoms with E-state index in [1.165, 1.54) is 30.4 Å². The van der Waals surface area contributed by atoms with Crippen LogP contribution in [0.25, 0.3) is 0 Å². The molecule has 2 aromatic rings. The third-order valence-electron chi connectivity index (χ3n) is 6.04. The molecule has 1 fully saturated rings. The molecule has 1 aliphatic rings. The first-order chi connectivity index (χ1) is 13.6. The molecule has 3 nitrogen and oxygen atoms in total. The fraction of sp³-hybridized carbons (Fsp3) is 0.480. The molecule has 0 aliphatic carbocycles. The van der Waals surface area contributed by atoms with Crippen LogP contribution in [0.3, 0.4) is 0 Å². The van der Waals surface area contributed by atoms with Gasteiger partial charge in [-0.15, -0.1) is 0 Å². The van der Waals surface area contributed by atoms with Crippen molar-refractivity contribution in [3.05, 3.63) is 65.7 Å². The van der Waals surface area contributed by atoms with Crippen LogP contribution in [0.15, 0.2) is 54.6 Å². The Balaban J connectivity index is 1.54. The quantitative estimate of drug-likeness (QED) is 0.671. The zero-order chi connectivity index (χ0) is 19.9. The summed E-state index contributed by atoms with van der Waals surface area (Å²) in [5.41, 5.74) is 3.80. The fourth-order valence-corrected chi connectivity index (χ4v) is 4.19. The molecular formula is C25H34N2O. The van der Waals surface area contributed by atoms with Crippen LogP contribution in [-0.2, 0) is 11.2 Å². The number of amides is 1. The number of carbonyl (C=O) groups is 1. The van der Waals surface area contributed by atoms with Crippen LogP contribution in [0.5, 0.6) is 0 Å². The van der Waals surface area contributed by atoms with Gasteiger partial charge in [0.2, 0.25) is 5.91 Å². The van der Waals surface area contributed by atoms with Crippen LogP contribution < -0.4 is 4.90 Å². The summed E-state index contributed by atoms with van der Waals surface area (Å²) < 4.78 is 0. The number of hydrogen-bond donors (Lipinski definition) is 0. The second-order valence-electron chi connectivity index (χ2n) is 8.21. The van der Waals surface area contributed by atoms with Crippen LogP contribution in [0.1, 0.15) is 44.2 Å². The Morgan fingerprint density at radius 2 is 1.71 bits per heavy atom. The molecule has 0 N–H and O–H groups in total. The summed E-state index contributed by atoms with van der Waals surface area (Å²) in [7, 11) is 0. The van der Waals surface area contributed by atoms with E-state index in [0.717, 1.165) is 31.2 Å². The molecule has 0 aromatic heterocycles. The number of anilines is 1. The minimum absolute atomic E-state index is 0.201. The van der Waals surface area contributed by atoms with E-state index in [1.807, 2.05) is 42.2 Å². The Kier molecular flexibility index (Phi) is 7.27. The molecule has 0 saturated carbocycles. The zero-order valence-electron chi connectivity index (χ0n) is 17.6. The average molecular weight is 379 g/mol. The molecule has 0 radical (unpaired) electrons. The monoisotopic (exact) mass is 378 g/mol. The second kappa shape index (κ2) is 9.88. The molecule has 28 heavy (non-hydrogen) atoms. The zero-order valence-corrected chi connectivity index (χ0v) is 17.6. The van der Waals surface area contributed by atoms with Crippen molar-refractivity contribution in [2.24, 2.45) is 5.92 Å². The highest BCUT2D eigenvalue weighted by atomic mass is 16.2. The molecule has 0 spiro atoms. The molecular weight excluding hydrogens is 344 g/mol. The Morgan fingerprint density at radius 3 is 2.32 bits per heavy atom. The summed E-state index contributed by atoms with van der Waals surface area (Å²) in [4.78, 5) is 17.0. The van der Waals surface area contributed by atoms with E-state index in [-0.39, 0.29) is 5.91 Å². The number of hydrogen-bond acceptors (Lipinski definition) is 2. The summed E-state index contributed by atoms with van der Waals surface area (Å²) in [5, 5.41) is 0. The summed E-state index contributed by atoms with van der Waals surface area (Å²) in [6.45, 7) is 9.37. The lowest BCUT2D eigenvalue weighted by Crippen LogP contribution is -2.47.